The van der Waals surface area contributed by atoms with Crippen LogP contribution in [0.2, 0.25) is 0 Å². The molecule has 1 fully saturated rings. The lowest BCUT2D eigenvalue weighted by molar-refractivity contribution is -0.137. The van der Waals surface area contributed by atoms with Crippen LogP contribution in [-0.4, -0.2) is 17.0 Å². The highest BCUT2D eigenvalue weighted by molar-refractivity contribution is 5.99. The predicted octanol–water partition coefficient (Wildman–Crippen LogP) is 1.83. The van der Waals surface area contributed by atoms with Gasteiger partial charge in [0.2, 0.25) is 5.91 Å². The zero-order valence-electron chi connectivity index (χ0n) is 9.62. The van der Waals surface area contributed by atoms with E-state index in [-0.39, 0.29) is 24.4 Å². The van der Waals surface area contributed by atoms with Crippen LogP contribution in [0.3, 0.4) is 0 Å². The standard InChI is InChI=1S/C13H12FNO3/c14-9-5-8(13(1-2-13)6-11(17)18)3-7-4-10(16)15-12(7)9/h3,5H,1-2,4,6H2,(H,15,16)(H,17,18). The number of carboxylic acids is 1. The predicted molar refractivity (Wildman–Crippen MR) is 61.9 cm³/mol. The van der Waals surface area contributed by atoms with Gasteiger partial charge in [-0.15, -0.1) is 0 Å². The van der Waals surface area contributed by atoms with Crippen LogP contribution in [0.4, 0.5) is 10.1 Å². The van der Waals surface area contributed by atoms with Gasteiger partial charge in [0.1, 0.15) is 5.82 Å². The summed E-state index contributed by atoms with van der Waals surface area (Å²) >= 11 is 0. The minimum absolute atomic E-state index is 0.0204. The molecule has 0 radical (unpaired) electrons. The number of rotatable bonds is 3. The monoisotopic (exact) mass is 249 g/mol. The second-order valence-corrected chi connectivity index (χ2v) is 5.07. The van der Waals surface area contributed by atoms with Gasteiger partial charge >= 0.3 is 5.97 Å². The maximum absolute atomic E-state index is 13.9. The average molecular weight is 249 g/mol. The number of carboxylic acid groups (broad SMARTS) is 1. The number of carbonyl (C=O) groups is 2. The summed E-state index contributed by atoms with van der Waals surface area (Å²) in [5.41, 5.74) is 1.16. The molecule has 0 bridgehead atoms. The van der Waals surface area contributed by atoms with Gasteiger partial charge in [-0.3, -0.25) is 9.59 Å². The number of amides is 1. The zero-order valence-corrected chi connectivity index (χ0v) is 9.62. The van der Waals surface area contributed by atoms with Gasteiger partial charge in [0.15, 0.2) is 0 Å². The molecule has 94 valence electrons. The number of hydrogen-bond donors (Lipinski definition) is 2. The molecule has 5 heteroatoms. The molecule has 0 unspecified atom stereocenters. The fraction of sp³-hybridized carbons (Fsp3) is 0.385. The summed E-state index contributed by atoms with van der Waals surface area (Å²) in [5, 5.41) is 11.4. The largest absolute Gasteiger partial charge is 0.481 e. The van der Waals surface area contributed by atoms with E-state index < -0.39 is 17.2 Å². The number of aliphatic carboxylic acids is 1. The fourth-order valence-electron chi connectivity index (χ4n) is 2.61. The van der Waals surface area contributed by atoms with E-state index in [9.17, 15) is 14.0 Å². The highest BCUT2D eigenvalue weighted by Gasteiger charge is 2.46. The topological polar surface area (TPSA) is 66.4 Å². The SMILES string of the molecule is O=C(O)CC1(c2cc(F)c3c(c2)CC(=O)N3)CC1. The molecule has 1 aliphatic carbocycles. The van der Waals surface area contributed by atoms with Crippen molar-refractivity contribution >= 4 is 17.6 Å². The molecule has 1 amide bonds. The Morgan fingerprint density at radius 2 is 2.17 bits per heavy atom. The van der Waals surface area contributed by atoms with Crippen molar-refractivity contribution in [2.45, 2.75) is 31.1 Å². The van der Waals surface area contributed by atoms with Crippen molar-refractivity contribution in [2.75, 3.05) is 5.32 Å². The Balaban J connectivity index is 2.00. The minimum atomic E-state index is -0.873. The summed E-state index contributed by atoms with van der Waals surface area (Å²) in [7, 11) is 0. The Labute approximate surface area is 103 Å². The van der Waals surface area contributed by atoms with Crippen LogP contribution < -0.4 is 5.32 Å². The van der Waals surface area contributed by atoms with Gasteiger partial charge in [-0.2, -0.15) is 0 Å². The lowest BCUT2D eigenvalue weighted by Crippen LogP contribution is -2.13. The number of hydrogen-bond acceptors (Lipinski definition) is 2. The molecular weight excluding hydrogens is 237 g/mol. The Hall–Kier alpha value is -1.91. The Kier molecular flexibility index (Phi) is 2.20. The van der Waals surface area contributed by atoms with Crippen LogP contribution in [0.5, 0.6) is 0 Å². The van der Waals surface area contributed by atoms with E-state index in [2.05, 4.69) is 5.32 Å². The minimum Gasteiger partial charge on any atom is -0.481 e. The summed E-state index contributed by atoms with van der Waals surface area (Å²) in [6.07, 6.45) is 1.72. The summed E-state index contributed by atoms with van der Waals surface area (Å²) in [5.74, 6) is -1.56. The van der Waals surface area contributed by atoms with Gasteiger partial charge in [-0.1, -0.05) is 6.07 Å². The smallest absolute Gasteiger partial charge is 0.304 e. The van der Waals surface area contributed by atoms with Gasteiger partial charge in [-0.25, -0.2) is 4.39 Å². The van der Waals surface area contributed by atoms with Crippen LogP contribution in [-0.2, 0) is 21.4 Å². The lowest BCUT2D eigenvalue weighted by atomic mass is 9.90. The number of anilines is 1. The van der Waals surface area contributed by atoms with Gasteiger partial charge in [0.25, 0.3) is 0 Å². The molecule has 1 aromatic rings. The van der Waals surface area contributed by atoms with E-state index >= 15 is 0 Å². The summed E-state index contributed by atoms with van der Waals surface area (Å²) < 4.78 is 13.9. The van der Waals surface area contributed by atoms with Crippen molar-refractivity contribution < 1.29 is 19.1 Å². The quantitative estimate of drug-likeness (QED) is 0.858. The van der Waals surface area contributed by atoms with E-state index in [0.29, 0.717) is 11.1 Å². The first-order valence-electron chi connectivity index (χ1n) is 5.85. The van der Waals surface area contributed by atoms with E-state index in [1.54, 1.807) is 6.07 Å². The van der Waals surface area contributed by atoms with Crippen LogP contribution >= 0.6 is 0 Å². The summed E-state index contributed by atoms with van der Waals surface area (Å²) in [6, 6.07) is 3.13. The van der Waals surface area contributed by atoms with Crippen molar-refractivity contribution in [2.24, 2.45) is 0 Å². The first kappa shape index (κ1) is 11.2. The van der Waals surface area contributed by atoms with Gasteiger partial charge in [-0.05, 0) is 30.0 Å². The Morgan fingerprint density at radius 1 is 1.44 bits per heavy atom. The van der Waals surface area contributed by atoms with Crippen molar-refractivity contribution in [3.05, 3.63) is 29.1 Å². The van der Waals surface area contributed by atoms with Crippen LogP contribution in [0.1, 0.15) is 30.4 Å². The molecule has 0 aromatic heterocycles. The molecule has 1 aromatic carbocycles. The second kappa shape index (κ2) is 3.54. The van der Waals surface area contributed by atoms with Crippen LogP contribution in [0.15, 0.2) is 12.1 Å². The molecule has 1 aliphatic heterocycles. The highest BCUT2D eigenvalue weighted by Crippen LogP contribution is 2.52. The number of carbonyl (C=O) groups excluding carboxylic acids is 1. The first-order chi connectivity index (χ1) is 8.50. The van der Waals surface area contributed by atoms with E-state index in [1.165, 1.54) is 6.07 Å². The third-order valence-corrected chi connectivity index (χ3v) is 3.74. The molecule has 1 heterocycles. The molecule has 0 spiro atoms. The van der Waals surface area contributed by atoms with E-state index in [1.807, 2.05) is 0 Å². The van der Waals surface area contributed by atoms with Gasteiger partial charge in [0.05, 0.1) is 18.5 Å². The number of nitrogens with one attached hydrogen (secondary N) is 1. The molecule has 18 heavy (non-hydrogen) atoms. The van der Waals surface area contributed by atoms with Crippen LogP contribution in [0.25, 0.3) is 0 Å². The Bertz CT molecular complexity index is 564. The Morgan fingerprint density at radius 3 is 2.78 bits per heavy atom. The van der Waals surface area contributed by atoms with Crippen molar-refractivity contribution in [3.63, 3.8) is 0 Å². The maximum Gasteiger partial charge on any atom is 0.304 e. The van der Waals surface area contributed by atoms with Crippen molar-refractivity contribution in [3.8, 4) is 0 Å². The molecule has 1 saturated carbocycles. The third kappa shape index (κ3) is 1.66. The highest BCUT2D eigenvalue weighted by atomic mass is 19.1. The fourth-order valence-corrected chi connectivity index (χ4v) is 2.61. The second-order valence-electron chi connectivity index (χ2n) is 5.07. The van der Waals surface area contributed by atoms with Crippen molar-refractivity contribution in [1.82, 2.24) is 0 Å². The first-order valence-corrected chi connectivity index (χ1v) is 5.85. The zero-order chi connectivity index (χ0) is 12.9. The van der Waals surface area contributed by atoms with E-state index in [4.69, 9.17) is 5.11 Å². The lowest BCUT2D eigenvalue weighted by Gasteiger charge is -2.14. The van der Waals surface area contributed by atoms with Crippen LogP contribution in [0, 0.1) is 5.82 Å². The average Bonchev–Trinajstić information content (AvgIpc) is 2.92. The number of benzene rings is 1. The summed E-state index contributed by atoms with van der Waals surface area (Å²) in [6.45, 7) is 0. The molecule has 2 aliphatic rings. The normalized spacial score (nSPS) is 19.3. The number of fused-ring (bicyclic) bond motifs is 1. The molecule has 4 nitrogen and oxygen atoms in total. The molecule has 0 atom stereocenters. The molecule has 3 rings (SSSR count). The summed E-state index contributed by atoms with van der Waals surface area (Å²) in [4.78, 5) is 22.1. The van der Waals surface area contributed by atoms with Gasteiger partial charge in [0, 0.05) is 5.41 Å². The molecular formula is C13H12FNO3. The van der Waals surface area contributed by atoms with Gasteiger partial charge < -0.3 is 10.4 Å². The molecule has 0 saturated heterocycles. The number of halogens is 1. The molecule has 2 N–H and O–H groups in total. The van der Waals surface area contributed by atoms with E-state index in [0.717, 1.165) is 12.8 Å². The maximum atomic E-state index is 13.9. The third-order valence-electron chi connectivity index (χ3n) is 3.74. The van der Waals surface area contributed by atoms with Crippen molar-refractivity contribution in [1.29, 1.82) is 0 Å².